The van der Waals surface area contributed by atoms with Crippen molar-refractivity contribution in [3.63, 3.8) is 0 Å². The summed E-state index contributed by atoms with van der Waals surface area (Å²) in [6, 6.07) is 8.62. The Bertz CT molecular complexity index is 1280. The Labute approximate surface area is 252 Å². The highest BCUT2D eigenvalue weighted by atomic mass is 32.2. The number of alkyl halides is 3. The Morgan fingerprint density at radius 3 is 2.60 bits per heavy atom. The molecule has 2 aromatic rings. The van der Waals surface area contributed by atoms with Crippen LogP contribution in [0, 0.1) is 0 Å². The van der Waals surface area contributed by atoms with Gasteiger partial charge in [0.15, 0.2) is 0 Å². The van der Waals surface area contributed by atoms with Crippen LogP contribution in [0.15, 0.2) is 36.4 Å². The summed E-state index contributed by atoms with van der Waals surface area (Å²) in [7, 11) is 0. The van der Waals surface area contributed by atoms with Crippen LogP contribution < -0.4 is 31.7 Å². The van der Waals surface area contributed by atoms with Crippen molar-refractivity contribution >= 4 is 29.6 Å². The molecule has 0 unspecified atom stereocenters. The zero-order chi connectivity index (χ0) is 30.8. The standard InChI is InChI=1S/C29H37F3N6O4S/c30-29(31,32)23-13-18(16-33)14-25(37-23)42-20-8-6-7-19(15-20)27(40)35-12-5-1-4-11-34-24(39)10-3-2-9-22-26-21(17-43-22)36-28(41)38-26/h6-8,13-15,21-22,26H,1-5,9-12,16-17,33H2,(H,34,39)(H,35,40)(H2,36,38,41)/t21-,22-,26-/m0/s1. The Morgan fingerprint density at radius 1 is 1.05 bits per heavy atom. The van der Waals surface area contributed by atoms with Crippen molar-refractivity contribution in [1.82, 2.24) is 26.3 Å². The van der Waals surface area contributed by atoms with E-state index in [1.165, 1.54) is 18.2 Å². The number of benzene rings is 1. The van der Waals surface area contributed by atoms with Crippen molar-refractivity contribution in [2.75, 3.05) is 18.8 Å². The topological polar surface area (TPSA) is 147 Å². The maximum Gasteiger partial charge on any atom is 0.433 e. The highest BCUT2D eigenvalue weighted by molar-refractivity contribution is 8.00. The fourth-order valence-electron chi connectivity index (χ4n) is 5.02. The van der Waals surface area contributed by atoms with E-state index in [1.54, 1.807) is 12.1 Å². The molecule has 2 saturated heterocycles. The zero-order valence-electron chi connectivity index (χ0n) is 23.7. The molecule has 3 heterocycles. The molecule has 3 atom stereocenters. The summed E-state index contributed by atoms with van der Waals surface area (Å²) in [6.45, 7) is 0.894. The Hall–Kier alpha value is -3.52. The number of amides is 4. The van der Waals surface area contributed by atoms with Gasteiger partial charge in [-0.2, -0.15) is 24.9 Å². The third-order valence-electron chi connectivity index (χ3n) is 7.25. The van der Waals surface area contributed by atoms with Gasteiger partial charge in [-0.1, -0.05) is 12.5 Å². The number of thioether (sulfide) groups is 1. The van der Waals surface area contributed by atoms with Crippen molar-refractivity contribution in [2.24, 2.45) is 5.73 Å². The van der Waals surface area contributed by atoms with Gasteiger partial charge >= 0.3 is 12.2 Å². The minimum Gasteiger partial charge on any atom is -0.439 e. The van der Waals surface area contributed by atoms with Crippen molar-refractivity contribution in [1.29, 1.82) is 0 Å². The number of nitrogens with two attached hydrogens (primary N) is 1. The second-order valence-electron chi connectivity index (χ2n) is 10.6. The molecule has 234 valence electrons. The number of nitrogens with one attached hydrogen (secondary N) is 4. The lowest BCUT2D eigenvalue weighted by Crippen LogP contribution is -2.36. The molecular formula is C29H37F3N6O4S. The number of urea groups is 1. The van der Waals surface area contributed by atoms with Gasteiger partial charge in [-0.25, -0.2) is 9.78 Å². The van der Waals surface area contributed by atoms with Crippen LogP contribution in [0.2, 0.25) is 0 Å². The second kappa shape index (κ2) is 15.3. The van der Waals surface area contributed by atoms with Crippen molar-refractivity contribution < 1.29 is 32.3 Å². The number of halogens is 3. The van der Waals surface area contributed by atoms with Gasteiger partial charge in [0.05, 0.1) is 12.1 Å². The van der Waals surface area contributed by atoms with Gasteiger partial charge in [0.25, 0.3) is 5.91 Å². The van der Waals surface area contributed by atoms with Crippen molar-refractivity contribution in [3.05, 3.63) is 53.2 Å². The van der Waals surface area contributed by atoms with E-state index < -0.39 is 11.9 Å². The minimum atomic E-state index is -4.65. The molecule has 1 aromatic heterocycles. The zero-order valence-corrected chi connectivity index (χ0v) is 24.5. The molecule has 2 fully saturated rings. The average molecular weight is 623 g/mol. The van der Waals surface area contributed by atoms with Crippen LogP contribution in [-0.2, 0) is 17.5 Å². The summed E-state index contributed by atoms with van der Waals surface area (Å²) in [5.74, 6) is 0.531. The molecule has 4 rings (SSSR count). The van der Waals surface area contributed by atoms with E-state index in [1.807, 2.05) is 11.8 Å². The third kappa shape index (κ3) is 9.75. The molecule has 43 heavy (non-hydrogen) atoms. The Balaban J connectivity index is 1.07. The molecule has 2 aliphatic heterocycles. The second-order valence-corrected chi connectivity index (χ2v) is 11.8. The van der Waals surface area contributed by atoms with Crippen LogP contribution in [0.25, 0.3) is 0 Å². The summed E-state index contributed by atoms with van der Waals surface area (Å²) < 4.78 is 44.9. The van der Waals surface area contributed by atoms with Crippen LogP contribution in [0.4, 0.5) is 18.0 Å². The van der Waals surface area contributed by atoms with Gasteiger partial charge in [0.2, 0.25) is 11.8 Å². The molecule has 0 saturated carbocycles. The Kier molecular flexibility index (Phi) is 11.5. The summed E-state index contributed by atoms with van der Waals surface area (Å²) in [5, 5.41) is 12.1. The largest absolute Gasteiger partial charge is 0.439 e. The van der Waals surface area contributed by atoms with Gasteiger partial charge in [0.1, 0.15) is 11.4 Å². The Morgan fingerprint density at radius 2 is 1.84 bits per heavy atom. The molecule has 4 amide bonds. The van der Waals surface area contributed by atoms with E-state index in [-0.39, 0.29) is 53.7 Å². The number of carbonyl (C=O) groups is 3. The number of hydrogen-bond donors (Lipinski definition) is 5. The quantitative estimate of drug-likeness (QED) is 0.148. The van der Waals surface area contributed by atoms with Gasteiger partial charge in [-0.05, 0) is 61.9 Å². The minimum absolute atomic E-state index is 0.0303. The lowest BCUT2D eigenvalue weighted by Gasteiger charge is -2.16. The SMILES string of the molecule is NCc1cc(Oc2cccc(C(=O)NCCCCCNC(=O)CCCC[C@@H]3SC[C@@H]4NC(=O)N[C@@H]43)c2)nc(C(F)(F)F)c1. The van der Waals surface area contributed by atoms with E-state index in [9.17, 15) is 27.6 Å². The first kappa shape index (κ1) is 32.4. The number of unbranched alkanes of at least 4 members (excludes halogenated alkanes) is 3. The summed E-state index contributed by atoms with van der Waals surface area (Å²) in [4.78, 5) is 39.7. The number of aromatic nitrogens is 1. The fourth-order valence-corrected chi connectivity index (χ4v) is 6.56. The average Bonchev–Trinajstić information content (AvgIpc) is 3.53. The molecule has 14 heteroatoms. The van der Waals surface area contributed by atoms with E-state index in [0.29, 0.717) is 30.3 Å². The number of rotatable bonds is 15. The molecule has 10 nitrogen and oxygen atoms in total. The lowest BCUT2D eigenvalue weighted by atomic mass is 10.0. The molecule has 2 aliphatic rings. The normalized spacial score (nSPS) is 19.3. The van der Waals surface area contributed by atoms with Crippen LogP contribution in [0.5, 0.6) is 11.6 Å². The molecule has 0 spiro atoms. The predicted molar refractivity (Wildman–Crippen MR) is 157 cm³/mol. The maximum absolute atomic E-state index is 13.1. The maximum atomic E-state index is 13.1. The van der Waals surface area contributed by atoms with E-state index >= 15 is 0 Å². The number of pyridine rings is 1. The number of hydrogen-bond acceptors (Lipinski definition) is 7. The number of nitrogens with zero attached hydrogens (tertiary/aromatic N) is 1. The number of carbonyl (C=O) groups excluding carboxylic acids is 3. The number of fused-ring (bicyclic) bond motifs is 1. The van der Waals surface area contributed by atoms with Gasteiger partial charge in [-0.15, -0.1) is 0 Å². The van der Waals surface area contributed by atoms with Crippen molar-refractivity contribution in [3.8, 4) is 11.6 Å². The van der Waals surface area contributed by atoms with Gasteiger partial charge in [0, 0.05) is 48.7 Å². The van der Waals surface area contributed by atoms with E-state index in [2.05, 4.69) is 26.3 Å². The molecule has 6 N–H and O–H groups in total. The predicted octanol–water partition coefficient (Wildman–Crippen LogP) is 4.09. The molecule has 1 aromatic carbocycles. The molecular weight excluding hydrogens is 585 g/mol. The van der Waals surface area contributed by atoms with E-state index in [0.717, 1.165) is 50.3 Å². The van der Waals surface area contributed by atoms with Crippen LogP contribution in [0.3, 0.4) is 0 Å². The number of ether oxygens (including phenoxy) is 1. The first-order chi connectivity index (χ1) is 20.6. The van der Waals surface area contributed by atoms with Crippen molar-refractivity contribution in [2.45, 2.75) is 75.0 Å². The molecule has 0 aliphatic carbocycles. The monoisotopic (exact) mass is 622 g/mol. The van der Waals surface area contributed by atoms with Crippen LogP contribution in [0.1, 0.15) is 66.6 Å². The van der Waals surface area contributed by atoms with Crippen LogP contribution >= 0.6 is 11.8 Å². The molecule has 0 bridgehead atoms. The first-order valence-electron chi connectivity index (χ1n) is 14.4. The lowest BCUT2D eigenvalue weighted by molar-refractivity contribution is -0.141. The summed E-state index contributed by atoms with van der Waals surface area (Å²) >= 11 is 1.87. The summed E-state index contributed by atoms with van der Waals surface area (Å²) in [6.07, 6.45) is 0.886. The highest BCUT2D eigenvalue weighted by Gasteiger charge is 2.42. The van der Waals surface area contributed by atoms with E-state index in [4.69, 9.17) is 10.5 Å². The van der Waals surface area contributed by atoms with Crippen LogP contribution in [-0.4, -0.2) is 59.0 Å². The molecule has 0 radical (unpaired) electrons. The first-order valence-corrected chi connectivity index (χ1v) is 15.5. The highest BCUT2D eigenvalue weighted by Crippen LogP contribution is 2.33. The fraction of sp³-hybridized carbons (Fsp3) is 0.517. The summed E-state index contributed by atoms with van der Waals surface area (Å²) in [5.41, 5.74) is 4.92. The van der Waals surface area contributed by atoms with Gasteiger partial charge in [-0.3, -0.25) is 9.59 Å². The smallest absolute Gasteiger partial charge is 0.433 e. The third-order valence-corrected chi connectivity index (χ3v) is 8.76. The van der Waals surface area contributed by atoms with Gasteiger partial charge < -0.3 is 31.7 Å².